The van der Waals surface area contributed by atoms with Crippen LogP contribution in [-0.4, -0.2) is 42.1 Å². The standard InChI is InChI=1S/C18H22N2O2S/c1-12-4-5-13(2)15(10-12)18-14(3)23-16(19-18)11-17(21)20-6-8-22-9-7-20/h4-5,10H,6-9,11H2,1-3H3. The molecule has 0 unspecified atom stereocenters. The minimum atomic E-state index is 0.148. The Labute approximate surface area is 141 Å². The fourth-order valence-corrected chi connectivity index (χ4v) is 3.76. The smallest absolute Gasteiger partial charge is 0.229 e. The van der Waals surface area contributed by atoms with E-state index in [0.29, 0.717) is 32.7 Å². The van der Waals surface area contributed by atoms with Crippen molar-refractivity contribution in [3.63, 3.8) is 0 Å². The molecule has 0 atom stereocenters. The van der Waals surface area contributed by atoms with Crippen LogP contribution in [0, 0.1) is 20.8 Å². The van der Waals surface area contributed by atoms with Crippen molar-refractivity contribution >= 4 is 17.2 Å². The number of thiazole rings is 1. The van der Waals surface area contributed by atoms with Crippen LogP contribution in [0.5, 0.6) is 0 Å². The Bertz CT molecular complexity index is 718. The Morgan fingerprint density at radius 3 is 2.74 bits per heavy atom. The van der Waals surface area contributed by atoms with Crippen molar-refractivity contribution < 1.29 is 9.53 Å². The lowest BCUT2D eigenvalue weighted by Gasteiger charge is -2.26. The molecule has 2 heterocycles. The van der Waals surface area contributed by atoms with Gasteiger partial charge in [0.25, 0.3) is 0 Å². The molecule has 1 aromatic heterocycles. The van der Waals surface area contributed by atoms with Crippen molar-refractivity contribution in [3.05, 3.63) is 39.2 Å². The number of aryl methyl sites for hydroxylation is 3. The average Bonchev–Trinajstić information content (AvgIpc) is 2.91. The summed E-state index contributed by atoms with van der Waals surface area (Å²) in [6.45, 7) is 8.92. The van der Waals surface area contributed by atoms with Crippen LogP contribution in [0.1, 0.15) is 21.0 Å². The lowest BCUT2D eigenvalue weighted by molar-refractivity contribution is -0.134. The average molecular weight is 330 g/mol. The number of carbonyl (C=O) groups is 1. The van der Waals surface area contributed by atoms with Gasteiger partial charge in [0.1, 0.15) is 5.01 Å². The topological polar surface area (TPSA) is 42.4 Å². The Balaban J connectivity index is 1.80. The van der Waals surface area contributed by atoms with Gasteiger partial charge in [-0.05, 0) is 32.4 Å². The molecule has 0 saturated carbocycles. The van der Waals surface area contributed by atoms with Crippen LogP contribution in [0.4, 0.5) is 0 Å². The van der Waals surface area contributed by atoms with Crippen LogP contribution in [-0.2, 0) is 16.0 Å². The number of hydrogen-bond donors (Lipinski definition) is 0. The first kappa shape index (κ1) is 16.1. The minimum Gasteiger partial charge on any atom is -0.378 e. The number of amides is 1. The summed E-state index contributed by atoms with van der Waals surface area (Å²) in [4.78, 5) is 20.2. The quantitative estimate of drug-likeness (QED) is 0.868. The zero-order valence-electron chi connectivity index (χ0n) is 13.9. The molecule has 1 aliphatic heterocycles. The van der Waals surface area contributed by atoms with Gasteiger partial charge in [-0.3, -0.25) is 4.79 Å². The van der Waals surface area contributed by atoms with Crippen LogP contribution in [0.2, 0.25) is 0 Å². The van der Waals surface area contributed by atoms with Crippen LogP contribution in [0.25, 0.3) is 11.3 Å². The molecule has 1 aliphatic rings. The molecule has 3 rings (SSSR count). The van der Waals surface area contributed by atoms with Crippen molar-refractivity contribution in [2.45, 2.75) is 27.2 Å². The van der Waals surface area contributed by atoms with Gasteiger partial charge in [0.2, 0.25) is 5.91 Å². The molecule has 23 heavy (non-hydrogen) atoms. The largest absolute Gasteiger partial charge is 0.378 e. The highest BCUT2D eigenvalue weighted by molar-refractivity contribution is 7.12. The van der Waals surface area contributed by atoms with Crippen LogP contribution < -0.4 is 0 Å². The molecule has 0 bridgehead atoms. The summed E-state index contributed by atoms with van der Waals surface area (Å²) in [5, 5.41) is 0.898. The number of ether oxygens (including phenoxy) is 1. The summed E-state index contributed by atoms with van der Waals surface area (Å²) in [5.74, 6) is 0.148. The fraction of sp³-hybridized carbons (Fsp3) is 0.444. The maximum atomic E-state index is 12.4. The third-order valence-electron chi connectivity index (χ3n) is 4.16. The zero-order valence-corrected chi connectivity index (χ0v) is 14.7. The summed E-state index contributed by atoms with van der Waals surface area (Å²) in [6.07, 6.45) is 0.385. The lowest BCUT2D eigenvalue weighted by Crippen LogP contribution is -2.41. The monoisotopic (exact) mass is 330 g/mol. The predicted molar refractivity (Wildman–Crippen MR) is 92.9 cm³/mol. The van der Waals surface area contributed by atoms with E-state index < -0.39 is 0 Å². The van der Waals surface area contributed by atoms with E-state index in [2.05, 4.69) is 39.0 Å². The van der Waals surface area contributed by atoms with Crippen molar-refractivity contribution in [2.24, 2.45) is 0 Å². The van der Waals surface area contributed by atoms with Crippen LogP contribution in [0.15, 0.2) is 18.2 Å². The first-order valence-electron chi connectivity index (χ1n) is 7.94. The van der Waals surface area contributed by atoms with Crippen molar-refractivity contribution in [2.75, 3.05) is 26.3 Å². The Morgan fingerprint density at radius 1 is 1.26 bits per heavy atom. The third kappa shape index (κ3) is 3.62. The molecular formula is C18H22N2O2S. The number of morpholine rings is 1. The van der Waals surface area contributed by atoms with Crippen molar-refractivity contribution in [3.8, 4) is 11.3 Å². The number of rotatable bonds is 3. The molecule has 0 aliphatic carbocycles. The van der Waals surface area contributed by atoms with Crippen LogP contribution in [0.3, 0.4) is 0 Å². The van der Waals surface area contributed by atoms with Crippen LogP contribution >= 0.6 is 11.3 Å². The van der Waals surface area contributed by atoms with Gasteiger partial charge in [0.05, 0.1) is 25.3 Å². The van der Waals surface area contributed by atoms with Gasteiger partial charge in [-0.1, -0.05) is 17.7 Å². The van der Waals surface area contributed by atoms with E-state index in [1.54, 1.807) is 11.3 Å². The Kier molecular flexibility index (Phi) is 4.78. The maximum Gasteiger partial charge on any atom is 0.229 e. The summed E-state index contributed by atoms with van der Waals surface area (Å²) >= 11 is 1.63. The van der Waals surface area contributed by atoms with E-state index in [1.165, 1.54) is 21.6 Å². The van der Waals surface area contributed by atoms with E-state index >= 15 is 0 Å². The third-order valence-corrected chi connectivity index (χ3v) is 5.13. The normalized spacial score (nSPS) is 15.0. The predicted octanol–water partition coefficient (Wildman–Crippen LogP) is 3.14. The Hall–Kier alpha value is -1.72. The second kappa shape index (κ2) is 6.81. The first-order valence-corrected chi connectivity index (χ1v) is 8.75. The summed E-state index contributed by atoms with van der Waals surface area (Å²) < 4.78 is 5.30. The zero-order chi connectivity index (χ0) is 16.4. The van der Waals surface area contributed by atoms with Gasteiger partial charge in [-0.25, -0.2) is 4.98 Å². The molecule has 1 aromatic carbocycles. The van der Waals surface area contributed by atoms with E-state index in [-0.39, 0.29) is 5.91 Å². The van der Waals surface area contributed by atoms with E-state index in [1.807, 2.05) is 4.90 Å². The SMILES string of the molecule is Cc1ccc(C)c(-c2nc(CC(=O)N3CCOCC3)sc2C)c1. The molecule has 2 aromatic rings. The number of carbonyl (C=O) groups excluding carboxylic acids is 1. The molecule has 0 N–H and O–H groups in total. The second-order valence-corrected chi connectivity index (χ2v) is 7.29. The van der Waals surface area contributed by atoms with Crippen molar-refractivity contribution in [1.29, 1.82) is 0 Å². The second-order valence-electron chi connectivity index (χ2n) is 6.00. The molecule has 5 heteroatoms. The van der Waals surface area contributed by atoms with E-state index in [0.717, 1.165) is 10.7 Å². The van der Waals surface area contributed by atoms with Gasteiger partial charge in [0.15, 0.2) is 0 Å². The maximum absolute atomic E-state index is 12.4. The highest BCUT2D eigenvalue weighted by Gasteiger charge is 2.20. The molecule has 1 amide bonds. The van der Waals surface area contributed by atoms with Gasteiger partial charge in [0, 0.05) is 23.5 Å². The minimum absolute atomic E-state index is 0.148. The highest BCUT2D eigenvalue weighted by atomic mass is 32.1. The number of benzene rings is 1. The summed E-state index contributed by atoms with van der Waals surface area (Å²) in [6, 6.07) is 6.41. The molecular weight excluding hydrogens is 308 g/mol. The molecule has 0 radical (unpaired) electrons. The Morgan fingerprint density at radius 2 is 2.00 bits per heavy atom. The van der Waals surface area contributed by atoms with E-state index in [4.69, 9.17) is 9.72 Å². The number of aromatic nitrogens is 1. The molecule has 1 fully saturated rings. The summed E-state index contributed by atoms with van der Waals surface area (Å²) in [5.41, 5.74) is 4.63. The van der Waals surface area contributed by atoms with E-state index in [9.17, 15) is 4.79 Å². The lowest BCUT2D eigenvalue weighted by atomic mass is 10.0. The highest BCUT2D eigenvalue weighted by Crippen LogP contribution is 2.30. The first-order chi connectivity index (χ1) is 11.0. The van der Waals surface area contributed by atoms with Crippen molar-refractivity contribution in [1.82, 2.24) is 9.88 Å². The molecule has 0 spiro atoms. The summed E-state index contributed by atoms with van der Waals surface area (Å²) in [7, 11) is 0. The van der Waals surface area contributed by atoms with Gasteiger partial charge in [-0.2, -0.15) is 0 Å². The number of hydrogen-bond acceptors (Lipinski definition) is 4. The van der Waals surface area contributed by atoms with Gasteiger partial charge in [-0.15, -0.1) is 11.3 Å². The van der Waals surface area contributed by atoms with Gasteiger partial charge >= 0.3 is 0 Å². The number of nitrogens with zero attached hydrogens (tertiary/aromatic N) is 2. The fourth-order valence-electron chi connectivity index (χ4n) is 2.82. The molecule has 4 nitrogen and oxygen atoms in total. The molecule has 1 saturated heterocycles. The molecule has 122 valence electrons. The van der Waals surface area contributed by atoms with Gasteiger partial charge < -0.3 is 9.64 Å².